The van der Waals surface area contributed by atoms with Crippen LogP contribution < -0.4 is 10.6 Å². The van der Waals surface area contributed by atoms with Crippen molar-refractivity contribution in [2.45, 2.75) is 6.42 Å². The van der Waals surface area contributed by atoms with Crippen LogP contribution in [0.2, 0.25) is 5.02 Å². The highest BCUT2D eigenvalue weighted by atomic mass is 35.5. The molecule has 2 rings (SSSR count). The van der Waals surface area contributed by atoms with E-state index < -0.39 is 11.8 Å². The molecule has 1 aliphatic rings. The quantitative estimate of drug-likeness (QED) is 0.820. The molecule has 1 saturated heterocycles. The van der Waals surface area contributed by atoms with Crippen molar-refractivity contribution in [1.82, 2.24) is 4.98 Å². The van der Waals surface area contributed by atoms with Gasteiger partial charge < -0.3 is 10.6 Å². The van der Waals surface area contributed by atoms with Gasteiger partial charge in [-0.1, -0.05) is 11.6 Å². The molecule has 0 bridgehead atoms. The number of nitrogens with two attached hydrogens (primary N) is 1. The molecule has 0 aromatic carbocycles. The van der Waals surface area contributed by atoms with Crippen LogP contribution in [0.3, 0.4) is 0 Å². The van der Waals surface area contributed by atoms with Crippen molar-refractivity contribution in [2.75, 3.05) is 11.4 Å². The summed E-state index contributed by atoms with van der Waals surface area (Å²) >= 11 is 5.78. The van der Waals surface area contributed by atoms with Gasteiger partial charge >= 0.3 is 0 Å². The summed E-state index contributed by atoms with van der Waals surface area (Å²) in [5.41, 5.74) is 5.77. The van der Waals surface area contributed by atoms with E-state index in [4.69, 9.17) is 17.3 Å². The van der Waals surface area contributed by atoms with E-state index in [-0.39, 0.29) is 12.3 Å². The molecule has 0 saturated carbocycles. The number of rotatable bonds is 2. The fraction of sp³-hybridized carbons (Fsp3) is 0.300. The van der Waals surface area contributed by atoms with Crippen LogP contribution in [0.5, 0.6) is 0 Å². The first-order valence-electron chi connectivity index (χ1n) is 4.78. The highest BCUT2D eigenvalue weighted by molar-refractivity contribution is 6.30. The molecule has 1 fully saturated rings. The second kappa shape index (κ2) is 4.09. The summed E-state index contributed by atoms with van der Waals surface area (Å²) in [5, 5.41) is 0.452. The van der Waals surface area contributed by atoms with Crippen molar-refractivity contribution in [3.8, 4) is 0 Å². The third kappa shape index (κ3) is 1.99. The zero-order valence-electron chi connectivity index (χ0n) is 8.39. The molecule has 0 aliphatic carbocycles. The number of hydrogen-bond acceptors (Lipinski definition) is 3. The zero-order chi connectivity index (χ0) is 11.7. The molecule has 1 aliphatic heterocycles. The molecule has 1 unspecified atom stereocenters. The first-order valence-corrected chi connectivity index (χ1v) is 5.16. The largest absolute Gasteiger partial charge is 0.369 e. The van der Waals surface area contributed by atoms with E-state index in [0.29, 0.717) is 17.3 Å². The molecular weight excluding hydrogens is 230 g/mol. The summed E-state index contributed by atoms with van der Waals surface area (Å²) in [4.78, 5) is 28.0. The lowest BCUT2D eigenvalue weighted by Crippen LogP contribution is -2.28. The van der Waals surface area contributed by atoms with Gasteiger partial charge in [0.05, 0.1) is 22.8 Å². The van der Waals surface area contributed by atoms with Crippen LogP contribution >= 0.6 is 11.6 Å². The summed E-state index contributed by atoms with van der Waals surface area (Å²) in [6.45, 7) is 0.302. The molecule has 5 nitrogen and oxygen atoms in total. The normalized spacial score (nSPS) is 20.2. The van der Waals surface area contributed by atoms with Crippen LogP contribution in [0.25, 0.3) is 0 Å². The average Bonchev–Trinajstić information content (AvgIpc) is 2.60. The minimum atomic E-state index is -0.453. The van der Waals surface area contributed by atoms with E-state index in [2.05, 4.69) is 4.98 Å². The van der Waals surface area contributed by atoms with Gasteiger partial charge in [0, 0.05) is 19.2 Å². The number of anilines is 1. The van der Waals surface area contributed by atoms with Gasteiger partial charge in [0.2, 0.25) is 11.8 Å². The van der Waals surface area contributed by atoms with Crippen molar-refractivity contribution in [3.05, 3.63) is 23.5 Å². The van der Waals surface area contributed by atoms with E-state index in [1.807, 2.05) is 0 Å². The predicted molar refractivity (Wildman–Crippen MR) is 58.9 cm³/mol. The van der Waals surface area contributed by atoms with Crippen LogP contribution in [0.4, 0.5) is 5.69 Å². The molecule has 6 heteroatoms. The molecule has 2 heterocycles. The monoisotopic (exact) mass is 239 g/mol. The van der Waals surface area contributed by atoms with Crippen molar-refractivity contribution in [3.63, 3.8) is 0 Å². The fourth-order valence-corrected chi connectivity index (χ4v) is 1.86. The Bertz CT molecular complexity index is 449. The first-order chi connectivity index (χ1) is 7.58. The van der Waals surface area contributed by atoms with Gasteiger partial charge in [-0.3, -0.25) is 14.6 Å². The van der Waals surface area contributed by atoms with Gasteiger partial charge in [0.15, 0.2) is 0 Å². The SMILES string of the molecule is NC(=O)C1CC(=O)N(c2cncc(Cl)c2)C1. The van der Waals surface area contributed by atoms with Crippen molar-refractivity contribution in [2.24, 2.45) is 11.7 Å². The van der Waals surface area contributed by atoms with Gasteiger partial charge in [0.25, 0.3) is 0 Å². The Morgan fingerprint density at radius 1 is 1.56 bits per heavy atom. The van der Waals surface area contributed by atoms with Crippen molar-refractivity contribution < 1.29 is 9.59 Å². The number of pyridine rings is 1. The molecule has 0 spiro atoms. The maximum atomic E-state index is 11.6. The molecule has 16 heavy (non-hydrogen) atoms. The molecule has 1 aromatic rings. The number of carbonyl (C=O) groups excluding carboxylic acids is 2. The van der Waals surface area contributed by atoms with E-state index in [0.717, 1.165) is 0 Å². The van der Waals surface area contributed by atoms with Gasteiger partial charge in [-0.15, -0.1) is 0 Å². The van der Waals surface area contributed by atoms with Crippen LogP contribution in [0.15, 0.2) is 18.5 Å². The highest BCUT2D eigenvalue weighted by Crippen LogP contribution is 2.25. The van der Waals surface area contributed by atoms with Crippen molar-refractivity contribution >= 4 is 29.1 Å². The summed E-state index contributed by atoms with van der Waals surface area (Å²) in [6.07, 6.45) is 3.17. The number of nitrogens with zero attached hydrogens (tertiary/aromatic N) is 2. The number of hydrogen-bond donors (Lipinski definition) is 1. The molecule has 2 amide bonds. The van der Waals surface area contributed by atoms with Crippen LogP contribution in [0.1, 0.15) is 6.42 Å². The van der Waals surface area contributed by atoms with E-state index in [1.165, 1.54) is 17.3 Å². The zero-order valence-corrected chi connectivity index (χ0v) is 9.15. The van der Waals surface area contributed by atoms with Gasteiger partial charge in [-0.2, -0.15) is 0 Å². The standard InChI is InChI=1S/C10H10ClN3O2/c11-7-2-8(4-13-3-7)14-5-6(10(12)16)1-9(14)15/h2-4,6H,1,5H2,(H2,12,16). The van der Waals surface area contributed by atoms with Crippen LogP contribution in [-0.2, 0) is 9.59 Å². The number of aromatic nitrogens is 1. The molecule has 0 radical (unpaired) electrons. The Labute approximate surface area is 97.2 Å². The lowest BCUT2D eigenvalue weighted by atomic mass is 10.1. The maximum absolute atomic E-state index is 11.6. The molecular formula is C10H10ClN3O2. The summed E-state index contributed by atoms with van der Waals surface area (Å²) in [5.74, 6) is -1.01. The van der Waals surface area contributed by atoms with Gasteiger partial charge in [-0.05, 0) is 6.07 Å². The Morgan fingerprint density at radius 3 is 2.88 bits per heavy atom. The smallest absolute Gasteiger partial charge is 0.227 e. The molecule has 1 aromatic heterocycles. The fourth-order valence-electron chi connectivity index (χ4n) is 1.70. The summed E-state index contributed by atoms with van der Waals surface area (Å²) < 4.78 is 0. The molecule has 84 valence electrons. The Hall–Kier alpha value is -1.62. The van der Waals surface area contributed by atoms with Gasteiger partial charge in [0.1, 0.15) is 0 Å². The second-order valence-corrected chi connectivity index (χ2v) is 4.11. The van der Waals surface area contributed by atoms with E-state index in [9.17, 15) is 9.59 Å². The summed E-state index contributed by atoms with van der Waals surface area (Å²) in [6, 6.07) is 1.63. The van der Waals surface area contributed by atoms with Crippen LogP contribution in [0, 0.1) is 5.92 Å². The maximum Gasteiger partial charge on any atom is 0.227 e. The number of primary amides is 1. The second-order valence-electron chi connectivity index (χ2n) is 3.67. The number of amides is 2. The topological polar surface area (TPSA) is 76.3 Å². The Kier molecular flexibility index (Phi) is 2.78. The van der Waals surface area contributed by atoms with Crippen LogP contribution in [-0.4, -0.2) is 23.3 Å². The molecule has 1 atom stereocenters. The summed E-state index contributed by atoms with van der Waals surface area (Å²) in [7, 11) is 0. The predicted octanol–water partition coefficient (Wildman–Crippen LogP) is 0.573. The highest BCUT2D eigenvalue weighted by Gasteiger charge is 2.34. The van der Waals surface area contributed by atoms with E-state index in [1.54, 1.807) is 6.07 Å². The Morgan fingerprint density at radius 2 is 2.31 bits per heavy atom. The lowest BCUT2D eigenvalue weighted by molar-refractivity contribution is -0.123. The Balaban J connectivity index is 2.23. The molecule has 2 N–H and O–H groups in total. The third-order valence-corrected chi connectivity index (χ3v) is 2.74. The minimum absolute atomic E-state index is 0.132. The minimum Gasteiger partial charge on any atom is -0.369 e. The van der Waals surface area contributed by atoms with Gasteiger partial charge in [-0.25, -0.2) is 0 Å². The number of carbonyl (C=O) groups is 2. The first kappa shape index (κ1) is 10.9. The lowest BCUT2D eigenvalue weighted by Gasteiger charge is -2.15. The van der Waals surface area contributed by atoms with Crippen molar-refractivity contribution in [1.29, 1.82) is 0 Å². The average molecular weight is 240 g/mol. The number of halogens is 1. The third-order valence-electron chi connectivity index (χ3n) is 2.53. The van der Waals surface area contributed by atoms with E-state index >= 15 is 0 Å².